The summed E-state index contributed by atoms with van der Waals surface area (Å²) < 4.78 is 26.7. The fourth-order valence-electron chi connectivity index (χ4n) is 2.48. The van der Waals surface area contributed by atoms with Gasteiger partial charge >= 0.3 is 0 Å². The Labute approximate surface area is 126 Å². The molecular formula is C15H21N3O2S. The zero-order valence-electron chi connectivity index (χ0n) is 12.7. The van der Waals surface area contributed by atoms with E-state index in [0.717, 1.165) is 5.56 Å². The van der Waals surface area contributed by atoms with E-state index in [1.54, 1.807) is 18.2 Å². The van der Waals surface area contributed by atoms with Crippen LogP contribution in [-0.4, -0.2) is 49.3 Å². The molecule has 1 aromatic carbocycles. The monoisotopic (exact) mass is 307 g/mol. The third-order valence-electron chi connectivity index (χ3n) is 3.93. The molecule has 114 valence electrons. The molecule has 0 N–H and O–H groups in total. The fraction of sp³-hybridized carbons (Fsp3) is 0.533. The summed E-state index contributed by atoms with van der Waals surface area (Å²) in [6.07, 6.45) is 0. The minimum atomic E-state index is -3.44. The molecule has 1 aromatic rings. The third-order valence-corrected chi connectivity index (χ3v) is 5.82. The highest BCUT2D eigenvalue weighted by molar-refractivity contribution is 7.89. The van der Waals surface area contributed by atoms with Crippen molar-refractivity contribution in [1.29, 1.82) is 5.26 Å². The van der Waals surface area contributed by atoms with E-state index in [1.165, 1.54) is 4.31 Å². The second-order valence-corrected chi connectivity index (χ2v) is 7.82. The van der Waals surface area contributed by atoms with Crippen molar-refractivity contribution < 1.29 is 8.42 Å². The smallest absolute Gasteiger partial charge is 0.243 e. The summed E-state index contributed by atoms with van der Waals surface area (Å²) in [7, 11) is -3.44. The van der Waals surface area contributed by atoms with E-state index in [9.17, 15) is 8.42 Å². The molecule has 2 rings (SSSR count). The van der Waals surface area contributed by atoms with Crippen molar-refractivity contribution >= 4 is 10.0 Å². The highest BCUT2D eigenvalue weighted by Gasteiger charge is 2.34. The lowest BCUT2D eigenvalue weighted by atomic mass is 10.0. The molecule has 0 amide bonds. The molecule has 1 heterocycles. The molecule has 0 aromatic heterocycles. The van der Waals surface area contributed by atoms with Crippen LogP contribution in [0.4, 0.5) is 0 Å². The predicted octanol–water partition coefficient (Wildman–Crippen LogP) is 1.60. The lowest BCUT2D eigenvalue weighted by molar-refractivity contribution is 0.115. The van der Waals surface area contributed by atoms with Crippen LogP contribution in [0.3, 0.4) is 0 Å². The molecule has 21 heavy (non-hydrogen) atoms. The molecule has 6 heteroatoms. The van der Waals surface area contributed by atoms with E-state index in [1.807, 2.05) is 31.7 Å². The molecule has 1 aliphatic heterocycles. The highest BCUT2D eigenvalue weighted by atomic mass is 32.2. The first-order valence-corrected chi connectivity index (χ1v) is 8.44. The number of sulfonamides is 1. The SMILES string of the molecule is Cc1cccc(S(=O)(=O)N2CCN(C(C)(C)C#N)CC2)c1. The van der Waals surface area contributed by atoms with Crippen molar-refractivity contribution in [3.05, 3.63) is 29.8 Å². The number of benzene rings is 1. The van der Waals surface area contributed by atoms with Gasteiger partial charge in [-0.05, 0) is 38.5 Å². The highest BCUT2D eigenvalue weighted by Crippen LogP contribution is 2.21. The summed E-state index contributed by atoms with van der Waals surface area (Å²) in [6.45, 7) is 7.59. The lowest BCUT2D eigenvalue weighted by Gasteiger charge is -2.39. The second-order valence-electron chi connectivity index (χ2n) is 5.88. The van der Waals surface area contributed by atoms with Gasteiger partial charge in [0.15, 0.2) is 0 Å². The van der Waals surface area contributed by atoms with Gasteiger partial charge in [0, 0.05) is 26.2 Å². The molecule has 0 saturated carbocycles. The Morgan fingerprint density at radius 1 is 1.19 bits per heavy atom. The molecule has 0 aliphatic carbocycles. The van der Waals surface area contributed by atoms with Gasteiger partial charge in [0.25, 0.3) is 0 Å². The molecule has 0 bridgehead atoms. The van der Waals surface area contributed by atoms with Gasteiger partial charge in [-0.1, -0.05) is 12.1 Å². The van der Waals surface area contributed by atoms with Crippen LogP contribution in [0.25, 0.3) is 0 Å². The van der Waals surface area contributed by atoms with Gasteiger partial charge in [0.05, 0.1) is 11.0 Å². The first-order chi connectivity index (χ1) is 9.77. The van der Waals surface area contributed by atoms with Crippen LogP contribution >= 0.6 is 0 Å². The maximum Gasteiger partial charge on any atom is 0.243 e. The largest absolute Gasteiger partial charge is 0.283 e. The summed E-state index contributed by atoms with van der Waals surface area (Å²) in [4.78, 5) is 2.37. The first-order valence-electron chi connectivity index (χ1n) is 7.00. The molecule has 5 nitrogen and oxygen atoms in total. The van der Waals surface area contributed by atoms with Gasteiger partial charge in [0.2, 0.25) is 10.0 Å². The van der Waals surface area contributed by atoms with Crippen LogP contribution in [0.15, 0.2) is 29.2 Å². The molecule has 1 fully saturated rings. The summed E-state index contributed by atoms with van der Waals surface area (Å²) in [5.74, 6) is 0. The fourth-order valence-corrected chi connectivity index (χ4v) is 4.01. The van der Waals surface area contributed by atoms with Crippen molar-refractivity contribution in [2.24, 2.45) is 0 Å². The summed E-state index contributed by atoms with van der Waals surface area (Å²) in [5, 5.41) is 9.16. The van der Waals surface area contributed by atoms with Crippen molar-refractivity contribution in [3.8, 4) is 6.07 Å². The van der Waals surface area contributed by atoms with Crippen molar-refractivity contribution in [2.45, 2.75) is 31.2 Å². The number of rotatable bonds is 3. The van der Waals surface area contributed by atoms with Crippen LogP contribution in [0.1, 0.15) is 19.4 Å². The summed E-state index contributed by atoms with van der Waals surface area (Å²) in [6, 6.07) is 9.23. The number of piperazine rings is 1. The number of aryl methyl sites for hydroxylation is 1. The van der Waals surface area contributed by atoms with Gasteiger partial charge < -0.3 is 0 Å². The molecule has 1 saturated heterocycles. The van der Waals surface area contributed by atoms with Gasteiger partial charge in [0.1, 0.15) is 5.54 Å². The average Bonchev–Trinajstić information content (AvgIpc) is 2.47. The maximum absolute atomic E-state index is 12.6. The summed E-state index contributed by atoms with van der Waals surface area (Å²) in [5.41, 5.74) is 0.374. The van der Waals surface area contributed by atoms with E-state index in [2.05, 4.69) is 6.07 Å². The topological polar surface area (TPSA) is 64.4 Å². The normalized spacial score (nSPS) is 18.4. The Balaban J connectivity index is 2.14. The summed E-state index contributed by atoms with van der Waals surface area (Å²) >= 11 is 0. The molecule has 1 aliphatic rings. The number of nitrogens with zero attached hydrogens (tertiary/aromatic N) is 3. The second kappa shape index (κ2) is 5.76. The zero-order chi connectivity index (χ0) is 15.7. The van der Waals surface area contributed by atoms with Crippen LogP contribution in [0, 0.1) is 18.3 Å². The number of hydrogen-bond acceptors (Lipinski definition) is 4. The van der Waals surface area contributed by atoms with E-state index < -0.39 is 15.6 Å². The van der Waals surface area contributed by atoms with E-state index in [-0.39, 0.29) is 0 Å². The van der Waals surface area contributed by atoms with Gasteiger partial charge in [-0.3, -0.25) is 4.90 Å². The lowest BCUT2D eigenvalue weighted by Crippen LogP contribution is -2.55. The van der Waals surface area contributed by atoms with Crippen LogP contribution in [0.5, 0.6) is 0 Å². The average molecular weight is 307 g/mol. The Hall–Kier alpha value is -1.42. The van der Waals surface area contributed by atoms with Gasteiger partial charge in [-0.2, -0.15) is 9.57 Å². The van der Waals surface area contributed by atoms with Gasteiger partial charge in [-0.25, -0.2) is 8.42 Å². The van der Waals surface area contributed by atoms with Crippen LogP contribution in [-0.2, 0) is 10.0 Å². The predicted molar refractivity (Wildman–Crippen MR) is 81.2 cm³/mol. The van der Waals surface area contributed by atoms with Crippen LogP contribution in [0.2, 0.25) is 0 Å². The zero-order valence-corrected chi connectivity index (χ0v) is 13.5. The molecule has 0 spiro atoms. The Morgan fingerprint density at radius 2 is 1.81 bits per heavy atom. The quantitative estimate of drug-likeness (QED) is 0.851. The molecule has 0 atom stereocenters. The maximum atomic E-state index is 12.6. The van der Waals surface area contributed by atoms with E-state index in [0.29, 0.717) is 31.1 Å². The molecule has 0 unspecified atom stereocenters. The van der Waals surface area contributed by atoms with Crippen LogP contribution < -0.4 is 0 Å². The van der Waals surface area contributed by atoms with Gasteiger partial charge in [-0.15, -0.1) is 0 Å². The molecule has 0 radical (unpaired) electrons. The van der Waals surface area contributed by atoms with E-state index >= 15 is 0 Å². The molecular weight excluding hydrogens is 286 g/mol. The minimum Gasteiger partial charge on any atom is -0.283 e. The van der Waals surface area contributed by atoms with Crippen molar-refractivity contribution in [3.63, 3.8) is 0 Å². The Morgan fingerprint density at radius 3 is 2.33 bits per heavy atom. The van der Waals surface area contributed by atoms with E-state index in [4.69, 9.17) is 5.26 Å². The number of hydrogen-bond donors (Lipinski definition) is 0. The van der Waals surface area contributed by atoms with Crippen molar-refractivity contribution in [2.75, 3.05) is 26.2 Å². The van der Waals surface area contributed by atoms with Crippen molar-refractivity contribution in [1.82, 2.24) is 9.21 Å². The minimum absolute atomic E-state index is 0.343. The third kappa shape index (κ3) is 3.26. The Kier molecular flexibility index (Phi) is 4.38. The standard InChI is InChI=1S/C15H21N3O2S/c1-13-5-4-6-14(11-13)21(19,20)18-9-7-17(8-10-18)15(2,3)12-16/h4-6,11H,7-10H2,1-3H3. The number of nitriles is 1. The Bertz CT molecular complexity index is 654. The first kappa shape index (κ1) is 16.0.